The zero-order valence-electron chi connectivity index (χ0n) is 15.1. The fourth-order valence-electron chi connectivity index (χ4n) is 2.55. The first-order chi connectivity index (χ1) is 12.9. The lowest BCUT2D eigenvalue weighted by molar-refractivity contribution is -0.125. The van der Waals surface area contributed by atoms with Crippen molar-refractivity contribution in [3.05, 3.63) is 41.9 Å². The van der Waals surface area contributed by atoms with Gasteiger partial charge in [-0.3, -0.25) is 14.3 Å². The van der Waals surface area contributed by atoms with Crippen LogP contribution in [0.5, 0.6) is 0 Å². The van der Waals surface area contributed by atoms with E-state index < -0.39 is 0 Å². The van der Waals surface area contributed by atoms with Crippen molar-refractivity contribution in [3.8, 4) is 11.6 Å². The SMILES string of the molecule is Cc1cc(-c2nnc(CCC(=O)CC(=O)Nc3ccc(N)cc3)o2)n(C)n1. The number of nitrogens with one attached hydrogen (secondary N) is 1. The second-order valence-electron chi connectivity index (χ2n) is 6.18. The molecule has 0 aliphatic heterocycles. The van der Waals surface area contributed by atoms with Crippen LogP contribution in [0.15, 0.2) is 34.7 Å². The summed E-state index contributed by atoms with van der Waals surface area (Å²) >= 11 is 0. The van der Waals surface area contributed by atoms with Crippen LogP contribution in [0.2, 0.25) is 0 Å². The van der Waals surface area contributed by atoms with Crippen LogP contribution in [0, 0.1) is 6.92 Å². The molecule has 3 N–H and O–H groups in total. The largest absolute Gasteiger partial charge is 0.419 e. The number of nitrogens with two attached hydrogens (primary N) is 1. The molecule has 0 aliphatic rings. The van der Waals surface area contributed by atoms with Crippen molar-refractivity contribution in [2.45, 2.75) is 26.2 Å². The monoisotopic (exact) mass is 368 g/mol. The molecule has 0 aliphatic carbocycles. The molecule has 0 atom stereocenters. The molecule has 140 valence electrons. The summed E-state index contributed by atoms with van der Waals surface area (Å²) in [6.45, 7) is 1.87. The number of Topliss-reactive ketones (excluding diaryl/α,β-unsaturated/α-hetero) is 1. The highest BCUT2D eigenvalue weighted by molar-refractivity contribution is 6.04. The standard InChI is InChI=1S/C18H20N6O3/c1-11-9-15(24(2)23-11)18-22-21-17(27-18)8-7-14(25)10-16(26)20-13-5-3-12(19)4-6-13/h3-6,9H,7-8,10,19H2,1-2H3,(H,20,26). The molecule has 0 saturated carbocycles. The Morgan fingerprint density at radius 1 is 1.22 bits per heavy atom. The van der Waals surface area contributed by atoms with Gasteiger partial charge in [-0.15, -0.1) is 10.2 Å². The highest BCUT2D eigenvalue weighted by atomic mass is 16.4. The van der Waals surface area contributed by atoms with Gasteiger partial charge in [0.15, 0.2) is 0 Å². The Labute approximate surface area is 155 Å². The molecule has 3 aromatic rings. The normalized spacial score (nSPS) is 10.7. The molecule has 9 nitrogen and oxygen atoms in total. The Balaban J connectivity index is 1.50. The molecular weight excluding hydrogens is 348 g/mol. The van der Waals surface area contributed by atoms with E-state index in [1.165, 1.54) is 0 Å². The third-order valence-electron chi connectivity index (χ3n) is 3.86. The topological polar surface area (TPSA) is 129 Å². The van der Waals surface area contributed by atoms with E-state index in [1.807, 2.05) is 13.0 Å². The molecule has 2 aromatic heterocycles. The number of carbonyl (C=O) groups is 2. The molecular formula is C18H20N6O3. The van der Waals surface area contributed by atoms with E-state index in [2.05, 4.69) is 20.6 Å². The molecule has 0 bridgehead atoms. The quantitative estimate of drug-likeness (QED) is 0.481. The minimum absolute atomic E-state index is 0.140. The van der Waals surface area contributed by atoms with Crippen molar-refractivity contribution in [2.24, 2.45) is 7.05 Å². The fraction of sp³-hybridized carbons (Fsp3) is 0.278. The van der Waals surface area contributed by atoms with E-state index in [-0.39, 0.29) is 31.0 Å². The number of hydrogen-bond acceptors (Lipinski definition) is 7. The lowest BCUT2D eigenvalue weighted by Crippen LogP contribution is -2.16. The molecule has 1 aromatic carbocycles. The summed E-state index contributed by atoms with van der Waals surface area (Å²) in [7, 11) is 1.79. The number of aryl methyl sites for hydroxylation is 3. The summed E-state index contributed by atoms with van der Waals surface area (Å²) in [5.74, 6) is 0.109. The first-order valence-corrected chi connectivity index (χ1v) is 8.41. The maximum atomic E-state index is 12.0. The van der Waals surface area contributed by atoms with Crippen LogP contribution >= 0.6 is 0 Å². The van der Waals surface area contributed by atoms with Crippen LogP contribution in [0.3, 0.4) is 0 Å². The van der Waals surface area contributed by atoms with Gasteiger partial charge < -0.3 is 15.5 Å². The van der Waals surface area contributed by atoms with Gasteiger partial charge in [-0.25, -0.2) is 0 Å². The van der Waals surface area contributed by atoms with Crippen molar-refractivity contribution in [3.63, 3.8) is 0 Å². The predicted octanol–water partition coefficient (Wildman–Crippen LogP) is 1.89. The molecule has 0 fully saturated rings. The first kappa shape index (κ1) is 18.3. The zero-order valence-corrected chi connectivity index (χ0v) is 15.1. The molecule has 0 radical (unpaired) electrons. The molecule has 1 amide bonds. The number of hydrogen-bond donors (Lipinski definition) is 2. The van der Waals surface area contributed by atoms with Crippen molar-refractivity contribution in [2.75, 3.05) is 11.1 Å². The molecule has 9 heteroatoms. The lowest BCUT2D eigenvalue weighted by atomic mass is 10.1. The van der Waals surface area contributed by atoms with Crippen LogP contribution in [0.4, 0.5) is 11.4 Å². The summed E-state index contributed by atoms with van der Waals surface area (Å²) < 4.78 is 7.23. The third kappa shape index (κ3) is 4.78. The molecule has 2 heterocycles. The summed E-state index contributed by atoms with van der Waals surface area (Å²) in [6.07, 6.45) is 0.200. The fourth-order valence-corrected chi connectivity index (χ4v) is 2.55. The molecule has 3 rings (SSSR count). The molecule has 27 heavy (non-hydrogen) atoms. The second-order valence-corrected chi connectivity index (χ2v) is 6.18. The number of ketones is 1. The van der Waals surface area contributed by atoms with Crippen molar-refractivity contribution in [1.29, 1.82) is 0 Å². The maximum absolute atomic E-state index is 12.0. The Morgan fingerprint density at radius 2 is 1.96 bits per heavy atom. The summed E-state index contributed by atoms with van der Waals surface area (Å²) in [4.78, 5) is 23.9. The van der Waals surface area contributed by atoms with E-state index in [1.54, 1.807) is 36.0 Å². The maximum Gasteiger partial charge on any atom is 0.265 e. The third-order valence-corrected chi connectivity index (χ3v) is 3.86. The smallest absolute Gasteiger partial charge is 0.265 e. The Bertz CT molecular complexity index is 958. The predicted molar refractivity (Wildman–Crippen MR) is 98.7 cm³/mol. The minimum atomic E-state index is -0.374. The minimum Gasteiger partial charge on any atom is -0.419 e. The summed E-state index contributed by atoms with van der Waals surface area (Å²) in [5, 5.41) is 14.8. The highest BCUT2D eigenvalue weighted by Gasteiger charge is 2.15. The van der Waals surface area contributed by atoms with Crippen molar-refractivity contribution in [1.82, 2.24) is 20.0 Å². The van der Waals surface area contributed by atoms with Crippen LogP contribution < -0.4 is 11.1 Å². The van der Waals surface area contributed by atoms with Gasteiger partial charge in [0, 0.05) is 31.3 Å². The van der Waals surface area contributed by atoms with Gasteiger partial charge in [-0.1, -0.05) is 0 Å². The number of anilines is 2. The molecule has 0 saturated heterocycles. The van der Waals surface area contributed by atoms with E-state index in [0.29, 0.717) is 28.9 Å². The number of nitrogens with zero attached hydrogens (tertiary/aromatic N) is 4. The van der Waals surface area contributed by atoms with Crippen LogP contribution in [0.1, 0.15) is 24.4 Å². The number of rotatable bonds is 7. The average Bonchev–Trinajstić information content (AvgIpc) is 3.21. The zero-order chi connectivity index (χ0) is 19.4. The van der Waals surface area contributed by atoms with Gasteiger partial charge in [-0.2, -0.15) is 5.10 Å². The summed E-state index contributed by atoms with van der Waals surface area (Å²) in [5.41, 5.74) is 8.33. The Hall–Kier alpha value is -3.49. The Morgan fingerprint density at radius 3 is 2.63 bits per heavy atom. The van der Waals surface area contributed by atoms with E-state index in [0.717, 1.165) is 5.69 Å². The highest BCUT2D eigenvalue weighted by Crippen LogP contribution is 2.19. The van der Waals surface area contributed by atoms with Crippen LogP contribution in [-0.2, 0) is 23.1 Å². The van der Waals surface area contributed by atoms with Gasteiger partial charge in [0.1, 0.15) is 11.5 Å². The van der Waals surface area contributed by atoms with E-state index >= 15 is 0 Å². The molecule has 0 unspecified atom stereocenters. The number of aromatic nitrogens is 4. The number of nitrogen functional groups attached to an aromatic ring is 1. The number of benzene rings is 1. The van der Waals surface area contributed by atoms with Gasteiger partial charge in [0.25, 0.3) is 5.89 Å². The van der Waals surface area contributed by atoms with Crippen LogP contribution in [-0.4, -0.2) is 31.7 Å². The van der Waals surface area contributed by atoms with Crippen molar-refractivity contribution < 1.29 is 14.0 Å². The lowest BCUT2D eigenvalue weighted by Gasteiger charge is -2.04. The van der Waals surface area contributed by atoms with Crippen molar-refractivity contribution >= 4 is 23.1 Å². The second kappa shape index (κ2) is 7.81. The van der Waals surface area contributed by atoms with Crippen LogP contribution in [0.25, 0.3) is 11.6 Å². The number of carbonyl (C=O) groups excluding carboxylic acids is 2. The van der Waals surface area contributed by atoms with E-state index in [9.17, 15) is 9.59 Å². The van der Waals surface area contributed by atoms with Gasteiger partial charge in [-0.05, 0) is 37.3 Å². The van der Waals surface area contributed by atoms with Gasteiger partial charge >= 0.3 is 0 Å². The van der Waals surface area contributed by atoms with E-state index in [4.69, 9.17) is 10.2 Å². The summed E-state index contributed by atoms with van der Waals surface area (Å²) in [6, 6.07) is 8.54. The van der Waals surface area contributed by atoms with Gasteiger partial charge in [0.05, 0.1) is 12.1 Å². The number of amides is 1. The molecule has 0 spiro atoms. The average molecular weight is 368 g/mol. The van der Waals surface area contributed by atoms with Gasteiger partial charge in [0.2, 0.25) is 11.8 Å². The Kier molecular flexibility index (Phi) is 5.30. The first-order valence-electron chi connectivity index (χ1n) is 8.41.